The summed E-state index contributed by atoms with van der Waals surface area (Å²) in [6, 6.07) is 13.2. The Hall–Kier alpha value is -2.69. The van der Waals surface area contributed by atoms with E-state index in [1.54, 1.807) is 14.2 Å². The summed E-state index contributed by atoms with van der Waals surface area (Å²) in [5.74, 6) is 1.38. The topological polar surface area (TPSA) is 59.6 Å². The zero-order chi connectivity index (χ0) is 16.7. The lowest BCUT2D eigenvalue weighted by Crippen LogP contribution is -2.30. The lowest BCUT2D eigenvalue weighted by molar-refractivity contribution is 0.252. The number of carbonyl (C=O) groups excluding carboxylic acids is 1. The zero-order valence-corrected chi connectivity index (χ0v) is 13.7. The predicted molar refractivity (Wildman–Crippen MR) is 91.5 cm³/mol. The third kappa shape index (κ3) is 4.92. The second-order valence-electron chi connectivity index (χ2n) is 5.19. The fourth-order valence-corrected chi connectivity index (χ4v) is 2.17. The first-order valence-corrected chi connectivity index (χ1v) is 7.45. The largest absolute Gasteiger partial charge is 0.493 e. The number of ether oxygens (including phenoxy) is 2. The van der Waals surface area contributed by atoms with Crippen molar-refractivity contribution in [3.05, 3.63) is 53.6 Å². The summed E-state index contributed by atoms with van der Waals surface area (Å²) in [5.41, 5.74) is 3.00. The maximum absolute atomic E-state index is 11.8. The lowest BCUT2D eigenvalue weighted by Gasteiger charge is -2.10. The van der Waals surface area contributed by atoms with Crippen molar-refractivity contribution >= 4 is 11.7 Å². The highest BCUT2D eigenvalue weighted by atomic mass is 16.5. The van der Waals surface area contributed by atoms with Gasteiger partial charge in [0.25, 0.3) is 0 Å². The summed E-state index contributed by atoms with van der Waals surface area (Å²) < 4.78 is 10.5. The van der Waals surface area contributed by atoms with Crippen LogP contribution in [0.5, 0.6) is 11.5 Å². The van der Waals surface area contributed by atoms with Gasteiger partial charge in [0.2, 0.25) is 0 Å². The molecule has 5 heteroatoms. The Bertz CT molecular complexity index is 654. The number of methoxy groups -OCH3 is 2. The molecule has 0 aliphatic carbocycles. The first-order chi connectivity index (χ1) is 11.1. The molecule has 0 spiro atoms. The van der Waals surface area contributed by atoms with Crippen molar-refractivity contribution in [2.75, 3.05) is 26.1 Å². The number of urea groups is 1. The number of carbonyl (C=O) groups is 1. The number of rotatable bonds is 6. The van der Waals surface area contributed by atoms with Crippen LogP contribution in [0.4, 0.5) is 10.5 Å². The maximum atomic E-state index is 11.8. The van der Waals surface area contributed by atoms with Gasteiger partial charge >= 0.3 is 6.03 Å². The monoisotopic (exact) mass is 314 g/mol. The van der Waals surface area contributed by atoms with Crippen molar-refractivity contribution in [2.24, 2.45) is 0 Å². The van der Waals surface area contributed by atoms with Gasteiger partial charge in [-0.05, 0) is 43.2 Å². The molecule has 122 valence electrons. The molecule has 2 aromatic carbocycles. The van der Waals surface area contributed by atoms with Crippen LogP contribution >= 0.6 is 0 Å². The summed E-state index contributed by atoms with van der Waals surface area (Å²) in [6.45, 7) is 2.54. The van der Waals surface area contributed by atoms with E-state index in [1.807, 2.05) is 49.4 Å². The lowest BCUT2D eigenvalue weighted by atomic mass is 10.1. The van der Waals surface area contributed by atoms with Gasteiger partial charge in [-0.1, -0.05) is 23.8 Å². The number of hydrogen-bond acceptors (Lipinski definition) is 3. The van der Waals surface area contributed by atoms with Gasteiger partial charge in [-0.2, -0.15) is 0 Å². The Morgan fingerprint density at radius 3 is 2.35 bits per heavy atom. The molecule has 0 aliphatic heterocycles. The smallest absolute Gasteiger partial charge is 0.319 e. The molecule has 0 heterocycles. The summed E-state index contributed by atoms with van der Waals surface area (Å²) in [7, 11) is 3.21. The molecule has 0 aromatic heterocycles. The van der Waals surface area contributed by atoms with Gasteiger partial charge in [-0.15, -0.1) is 0 Å². The van der Waals surface area contributed by atoms with E-state index in [0.29, 0.717) is 24.5 Å². The van der Waals surface area contributed by atoms with Gasteiger partial charge in [0.05, 0.1) is 14.2 Å². The maximum Gasteiger partial charge on any atom is 0.319 e. The molecule has 0 aliphatic rings. The standard InChI is InChI=1S/C18H22N2O3/c1-13-4-7-15(8-5-13)20-18(21)19-11-10-14-6-9-16(22-2)17(12-14)23-3/h4-9,12H,10-11H2,1-3H3,(H2,19,20,21). The molecule has 2 N–H and O–H groups in total. The number of anilines is 1. The van der Waals surface area contributed by atoms with E-state index in [-0.39, 0.29) is 6.03 Å². The highest BCUT2D eigenvalue weighted by molar-refractivity contribution is 5.89. The highest BCUT2D eigenvalue weighted by Crippen LogP contribution is 2.27. The normalized spacial score (nSPS) is 10.0. The summed E-state index contributed by atoms with van der Waals surface area (Å²) in [5, 5.41) is 5.64. The van der Waals surface area contributed by atoms with E-state index in [1.165, 1.54) is 0 Å². The van der Waals surface area contributed by atoms with Crippen molar-refractivity contribution in [1.82, 2.24) is 5.32 Å². The minimum atomic E-state index is -0.214. The predicted octanol–water partition coefficient (Wildman–Crippen LogP) is 3.38. The number of aryl methyl sites for hydroxylation is 1. The molecule has 23 heavy (non-hydrogen) atoms. The minimum absolute atomic E-state index is 0.214. The van der Waals surface area contributed by atoms with Crippen LogP contribution in [-0.4, -0.2) is 26.8 Å². The highest BCUT2D eigenvalue weighted by Gasteiger charge is 2.05. The van der Waals surface area contributed by atoms with E-state index in [0.717, 1.165) is 16.8 Å². The van der Waals surface area contributed by atoms with Crippen molar-refractivity contribution in [3.8, 4) is 11.5 Å². The van der Waals surface area contributed by atoms with E-state index >= 15 is 0 Å². The fraction of sp³-hybridized carbons (Fsp3) is 0.278. The van der Waals surface area contributed by atoms with Crippen molar-refractivity contribution in [3.63, 3.8) is 0 Å². The molecular formula is C18H22N2O3. The first kappa shape index (κ1) is 16.7. The van der Waals surface area contributed by atoms with Crippen LogP contribution in [-0.2, 0) is 6.42 Å². The van der Waals surface area contributed by atoms with Gasteiger partial charge in [-0.25, -0.2) is 4.79 Å². The molecule has 0 saturated carbocycles. The van der Waals surface area contributed by atoms with Crippen LogP contribution in [0.15, 0.2) is 42.5 Å². The summed E-state index contributed by atoms with van der Waals surface area (Å²) in [6.07, 6.45) is 0.710. The van der Waals surface area contributed by atoms with Gasteiger partial charge in [0, 0.05) is 12.2 Å². The molecule has 5 nitrogen and oxygen atoms in total. The van der Waals surface area contributed by atoms with Gasteiger partial charge in [0.15, 0.2) is 11.5 Å². The van der Waals surface area contributed by atoms with Crippen LogP contribution < -0.4 is 20.1 Å². The molecule has 0 atom stereocenters. The van der Waals surface area contributed by atoms with Gasteiger partial charge < -0.3 is 20.1 Å². The molecule has 0 radical (unpaired) electrons. The summed E-state index contributed by atoms with van der Waals surface area (Å²) in [4.78, 5) is 11.8. The van der Waals surface area contributed by atoms with E-state index in [9.17, 15) is 4.79 Å². The molecule has 0 fully saturated rings. The van der Waals surface area contributed by atoms with E-state index < -0.39 is 0 Å². The molecule has 2 rings (SSSR count). The molecule has 0 bridgehead atoms. The SMILES string of the molecule is COc1ccc(CCNC(=O)Nc2ccc(C)cc2)cc1OC. The molecular weight excluding hydrogens is 292 g/mol. The van der Waals surface area contributed by atoms with Crippen LogP contribution in [0.25, 0.3) is 0 Å². The van der Waals surface area contributed by atoms with Crippen molar-refractivity contribution in [2.45, 2.75) is 13.3 Å². The Balaban J connectivity index is 1.82. The van der Waals surface area contributed by atoms with Crippen molar-refractivity contribution in [1.29, 1.82) is 0 Å². The van der Waals surface area contributed by atoms with Gasteiger partial charge in [0.1, 0.15) is 0 Å². The second-order valence-corrected chi connectivity index (χ2v) is 5.19. The van der Waals surface area contributed by atoms with Crippen molar-refractivity contribution < 1.29 is 14.3 Å². The summed E-state index contributed by atoms with van der Waals surface area (Å²) >= 11 is 0. The number of nitrogens with one attached hydrogen (secondary N) is 2. The average Bonchev–Trinajstić information content (AvgIpc) is 2.56. The van der Waals surface area contributed by atoms with Crippen LogP contribution in [0.1, 0.15) is 11.1 Å². The Kier molecular flexibility index (Phi) is 5.86. The Morgan fingerprint density at radius 2 is 1.70 bits per heavy atom. The van der Waals surface area contributed by atoms with Crippen LogP contribution in [0, 0.1) is 6.92 Å². The van der Waals surface area contributed by atoms with E-state index in [2.05, 4.69) is 10.6 Å². The van der Waals surface area contributed by atoms with Crippen LogP contribution in [0.2, 0.25) is 0 Å². The zero-order valence-electron chi connectivity index (χ0n) is 13.7. The Morgan fingerprint density at radius 1 is 1.00 bits per heavy atom. The molecule has 0 unspecified atom stereocenters. The molecule has 2 amide bonds. The van der Waals surface area contributed by atoms with E-state index in [4.69, 9.17) is 9.47 Å². The quantitative estimate of drug-likeness (QED) is 0.859. The first-order valence-electron chi connectivity index (χ1n) is 7.45. The molecule has 2 aromatic rings. The van der Waals surface area contributed by atoms with Crippen LogP contribution in [0.3, 0.4) is 0 Å². The second kappa shape index (κ2) is 8.08. The third-order valence-corrected chi connectivity index (χ3v) is 3.46. The molecule has 0 saturated heterocycles. The number of benzene rings is 2. The minimum Gasteiger partial charge on any atom is -0.493 e. The fourth-order valence-electron chi connectivity index (χ4n) is 2.17. The average molecular weight is 314 g/mol. The van der Waals surface area contributed by atoms with Gasteiger partial charge in [-0.3, -0.25) is 0 Å². The number of hydrogen-bond donors (Lipinski definition) is 2. The Labute approximate surface area is 136 Å². The third-order valence-electron chi connectivity index (χ3n) is 3.46. The number of amides is 2.